The van der Waals surface area contributed by atoms with E-state index in [4.69, 9.17) is 4.74 Å². The zero-order chi connectivity index (χ0) is 13.8. The third-order valence-corrected chi connectivity index (χ3v) is 4.17. The summed E-state index contributed by atoms with van der Waals surface area (Å²) in [6.45, 7) is 8.18. The molecule has 0 heterocycles. The second kappa shape index (κ2) is 5.82. The minimum absolute atomic E-state index is 0.248. The lowest BCUT2D eigenvalue weighted by atomic mass is 10.1. The molecule has 0 unspecified atom stereocenters. The van der Waals surface area contributed by atoms with Crippen LogP contribution in [0.25, 0.3) is 0 Å². The summed E-state index contributed by atoms with van der Waals surface area (Å²) < 4.78 is 32.3. The smallest absolute Gasteiger partial charge is 0.240 e. The molecule has 18 heavy (non-hydrogen) atoms. The second-order valence-electron chi connectivity index (χ2n) is 4.78. The Balaban J connectivity index is 2.81. The van der Waals surface area contributed by atoms with E-state index in [1.54, 1.807) is 25.1 Å². The molecule has 0 aliphatic rings. The highest BCUT2D eigenvalue weighted by atomic mass is 32.2. The number of sulfonamides is 1. The van der Waals surface area contributed by atoms with Gasteiger partial charge < -0.3 is 4.74 Å². The Kier molecular flexibility index (Phi) is 4.90. The van der Waals surface area contributed by atoms with Gasteiger partial charge in [-0.05, 0) is 39.3 Å². The van der Waals surface area contributed by atoms with Crippen molar-refractivity contribution in [3.05, 3.63) is 29.8 Å². The monoisotopic (exact) mass is 271 g/mol. The summed E-state index contributed by atoms with van der Waals surface area (Å²) in [5.74, 6) is 0. The van der Waals surface area contributed by atoms with Crippen LogP contribution in [0.15, 0.2) is 29.2 Å². The third-order valence-electron chi connectivity index (χ3n) is 2.61. The van der Waals surface area contributed by atoms with Crippen molar-refractivity contribution in [2.24, 2.45) is 0 Å². The lowest BCUT2D eigenvalue weighted by Crippen LogP contribution is -2.40. The van der Waals surface area contributed by atoms with Crippen molar-refractivity contribution in [2.75, 3.05) is 13.2 Å². The molecule has 0 spiro atoms. The van der Waals surface area contributed by atoms with Gasteiger partial charge in [0.05, 0.1) is 10.5 Å². The van der Waals surface area contributed by atoms with Crippen LogP contribution in [0.2, 0.25) is 0 Å². The number of hydrogen-bond donors (Lipinski definition) is 1. The first kappa shape index (κ1) is 15.1. The number of benzene rings is 1. The largest absolute Gasteiger partial charge is 0.375 e. The van der Waals surface area contributed by atoms with Crippen LogP contribution in [-0.2, 0) is 14.8 Å². The second-order valence-corrected chi connectivity index (χ2v) is 6.52. The summed E-state index contributed by atoms with van der Waals surface area (Å²) in [5.41, 5.74) is 0.226. The van der Waals surface area contributed by atoms with Crippen LogP contribution in [0.5, 0.6) is 0 Å². The number of nitrogens with one attached hydrogen (secondary N) is 1. The fraction of sp³-hybridized carbons (Fsp3) is 0.538. The maximum absolute atomic E-state index is 12.1. The maximum Gasteiger partial charge on any atom is 0.240 e. The molecular weight excluding hydrogens is 250 g/mol. The van der Waals surface area contributed by atoms with Gasteiger partial charge in [0.15, 0.2) is 0 Å². The molecule has 0 saturated carbocycles. The lowest BCUT2D eigenvalue weighted by Gasteiger charge is -2.25. The first-order chi connectivity index (χ1) is 8.28. The van der Waals surface area contributed by atoms with Gasteiger partial charge in [0.25, 0.3) is 0 Å². The number of aryl methyl sites for hydroxylation is 1. The molecule has 0 saturated heterocycles. The zero-order valence-corrected chi connectivity index (χ0v) is 12.2. The maximum atomic E-state index is 12.1. The van der Waals surface area contributed by atoms with Crippen LogP contribution < -0.4 is 4.72 Å². The van der Waals surface area contributed by atoms with E-state index in [1.807, 2.05) is 26.8 Å². The van der Waals surface area contributed by atoms with Crippen molar-refractivity contribution in [1.82, 2.24) is 4.72 Å². The Hall–Kier alpha value is -0.910. The summed E-state index contributed by atoms with van der Waals surface area (Å²) in [4.78, 5) is 0.317. The Morgan fingerprint density at radius 3 is 2.44 bits per heavy atom. The normalized spacial score (nSPS) is 12.7. The first-order valence-electron chi connectivity index (χ1n) is 5.98. The molecule has 0 bridgehead atoms. The van der Waals surface area contributed by atoms with Crippen LogP contribution in [0.1, 0.15) is 26.3 Å². The topological polar surface area (TPSA) is 55.4 Å². The molecule has 4 nitrogen and oxygen atoms in total. The van der Waals surface area contributed by atoms with Gasteiger partial charge in [0, 0.05) is 13.2 Å². The molecule has 1 N–H and O–H groups in total. The van der Waals surface area contributed by atoms with E-state index in [-0.39, 0.29) is 6.54 Å². The van der Waals surface area contributed by atoms with E-state index in [9.17, 15) is 8.42 Å². The van der Waals surface area contributed by atoms with Gasteiger partial charge in [0.1, 0.15) is 0 Å². The average Bonchev–Trinajstić information content (AvgIpc) is 2.27. The van der Waals surface area contributed by atoms with E-state index < -0.39 is 15.6 Å². The first-order valence-corrected chi connectivity index (χ1v) is 7.46. The highest BCUT2D eigenvalue weighted by Gasteiger charge is 2.23. The molecule has 1 aromatic rings. The molecular formula is C13H21NO3S. The molecule has 5 heteroatoms. The molecule has 0 aliphatic carbocycles. The quantitative estimate of drug-likeness (QED) is 0.862. The van der Waals surface area contributed by atoms with Gasteiger partial charge >= 0.3 is 0 Å². The SMILES string of the molecule is CCOC(C)(C)CNS(=O)(=O)c1ccccc1C. The van der Waals surface area contributed by atoms with Crippen molar-refractivity contribution < 1.29 is 13.2 Å². The van der Waals surface area contributed by atoms with Crippen LogP contribution in [0.3, 0.4) is 0 Å². The molecule has 1 aromatic carbocycles. The fourth-order valence-electron chi connectivity index (χ4n) is 1.65. The molecule has 0 radical (unpaired) electrons. The van der Waals surface area contributed by atoms with Crippen molar-refractivity contribution >= 4 is 10.0 Å². The third kappa shape index (κ3) is 4.08. The zero-order valence-electron chi connectivity index (χ0n) is 11.4. The van der Waals surface area contributed by atoms with Gasteiger partial charge in [0.2, 0.25) is 10.0 Å². The standard InChI is InChI=1S/C13H21NO3S/c1-5-17-13(3,4)10-14-18(15,16)12-9-7-6-8-11(12)2/h6-9,14H,5,10H2,1-4H3. The predicted octanol–water partition coefficient (Wildman–Crippen LogP) is 2.09. The summed E-state index contributed by atoms with van der Waals surface area (Å²) in [6.07, 6.45) is 0. The number of rotatable bonds is 6. The Morgan fingerprint density at radius 2 is 1.89 bits per heavy atom. The highest BCUT2D eigenvalue weighted by Crippen LogP contribution is 2.15. The van der Waals surface area contributed by atoms with E-state index >= 15 is 0 Å². The fourth-order valence-corrected chi connectivity index (χ4v) is 3.09. The Bertz CT molecular complexity index is 495. The summed E-state index contributed by atoms with van der Waals surface area (Å²) in [5, 5.41) is 0. The van der Waals surface area contributed by atoms with E-state index in [0.29, 0.717) is 11.5 Å². The molecule has 1 rings (SSSR count). The van der Waals surface area contributed by atoms with Crippen molar-refractivity contribution in [1.29, 1.82) is 0 Å². The van der Waals surface area contributed by atoms with Crippen molar-refractivity contribution in [3.8, 4) is 0 Å². The predicted molar refractivity (Wildman–Crippen MR) is 72.1 cm³/mol. The summed E-state index contributed by atoms with van der Waals surface area (Å²) >= 11 is 0. The average molecular weight is 271 g/mol. The van der Waals surface area contributed by atoms with Gasteiger partial charge in [-0.3, -0.25) is 0 Å². The minimum atomic E-state index is -3.47. The highest BCUT2D eigenvalue weighted by molar-refractivity contribution is 7.89. The van der Waals surface area contributed by atoms with Crippen molar-refractivity contribution in [3.63, 3.8) is 0 Å². The van der Waals surface area contributed by atoms with Crippen LogP contribution in [0.4, 0.5) is 0 Å². The van der Waals surface area contributed by atoms with E-state index in [1.165, 1.54) is 0 Å². The number of ether oxygens (including phenoxy) is 1. The number of hydrogen-bond acceptors (Lipinski definition) is 3. The molecule has 0 aromatic heterocycles. The Morgan fingerprint density at radius 1 is 1.28 bits per heavy atom. The summed E-state index contributed by atoms with van der Waals surface area (Å²) in [7, 11) is -3.47. The van der Waals surface area contributed by atoms with E-state index in [2.05, 4.69) is 4.72 Å². The molecule has 0 aliphatic heterocycles. The molecule has 0 amide bonds. The van der Waals surface area contributed by atoms with Gasteiger partial charge in [-0.15, -0.1) is 0 Å². The van der Waals surface area contributed by atoms with Crippen LogP contribution in [-0.4, -0.2) is 27.2 Å². The molecule has 0 fully saturated rings. The van der Waals surface area contributed by atoms with E-state index in [0.717, 1.165) is 5.56 Å². The van der Waals surface area contributed by atoms with Crippen LogP contribution in [0, 0.1) is 6.92 Å². The minimum Gasteiger partial charge on any atom is -0.375 e. The summed E-state index contributed by atoms with van der Waals surface area (Å²) in [6, 6.07) is 6.92. The Labute approximate surface area is 109 Å². The molecule has 102 valence electrons. The van der Waals surface area contributed by atoms with Gasteiger partial charge in [-0.2, -0.15) is 0 Å². The van der Waals surface area contributed by atoms with Crippen molar-refractivity contribution in [2.45, 2.75) is 38.2 Å². The molecule has 0 atom stereocenters. The lowest BCUT2D eigenvalue weighted by molar-refractivity contribution is -0.00515. The van der Waals surface area contributed by atoms with Gasteiger partial charge in [-0.1, -0.05) is 18.2 Å². The van der Waals surface area contributed by atoms with Gasteiger partial charge in [-0.25, -0.2) is 13.1 Å². The van der Waals surface area contributed by atoms with Crippen LogP contribution >= 0.6 is 0 Å².